The Morgan fingerprint density at radius 1 is 1.58 bits per heavy atom. The van der Waals surface area contributed by atoms with Crippen molar-refractivity contribution in [2.75, 3.05) is 26.3 Å². The van der Waals surface area contributed by atoms with Crippen LogP contribution in [0.25, 0.3) is 0 Å². The first-order valence-electron chi connectivity index (χ1n) is 6.07. The van der Waals surface area contributed by atoms with E-state index in [0.717, 1.165) is 5.76 Å². The molecule has 1 rings (SSSR count). The number of aliphatic hydroxyl groups excluding tert-OH is 1. The number of furan rings is 1. The summed E-state index contributed by atoms with van der Waals surface area (Å²) in [5.74, 6) is 3.14. The summed E-state index contributed by atoms with van der Waals surface area (Å²) in [4.78, 5) is 1.95. The quantitative estimate of drug-likeness (QED) is 0.531. The summed E-state index contributed by atoms with van der Waals surface area (Å²) >= 11 is 0. The SMILES string of the molecule is C#CCOCC(O)CN(CCC#N)Cc1ccco1. The van der Waals surface area contributed by atoms with E-state index in [1.165, 1.54) is 0 Å². The molecule has 5 heteroatoms. The topological polar surface area (TPSA) is 69.6 Å². The average molecular weight is 262 g/mol. The third-order valence-corrected chi connectivity index (χ3v) is 2.46. The summed E-state index contributed by atoms with van der Waals surface area (Å²) in [6.07, 6.45) is 6.42. The summed E-state index contributed by atoms with van der Waals surface area (Å²) < 4.78 is 10.3. The van der Waals surface area contributed by atoms with Crippen molar-refractivity contribution in [3.63, 3.8) is 0 Å². The minimum Gasteiger partial charge on any atom is -0.468 e. The van der Waals surface area contributed by atoms with E-state index in [0.29, 0.717) is 26.1 Å². The van der Waals surface area contributed by atoms with Crippen LogP contribution in [0.1, 0.15) is 12.2 Å². The predicted molar refractivity (Wildman–Crippen MR) is 69.9 cm³/mol. The molecule has 1 heterocycles. The van der Waals surface area contributed by atoms with Crippen LogP contribution in [0.4, 0.5) is 0 Å². The fraction of sp³-hybridized carbons (Fsp3) is 0.500. The molecule has 0 spiro atoms. The number of hydrogen-bond donors (Lipinski definition) is 1. The lowest BCUT2D eigenvalue weighted by molar-refractivity contribution is 0.0253. The first kappa shape index (κ1) is 15.3. The van der Waals surface area contributed by atoms with Crippen LogP contribution < -0.4 is 0 Å². The molecule has 5 nitrogen and oxygen atoms in total. The average Bonchev–Trinajstić information content (AvgIpc) is 2.89. The summed E-state index contributed by atoms with van der Waals surface area (Å²) in [5, 5.41) is 18.5. The molecule has 0 radical (unpaired) electrons. The maximum atomic E-state index is 9.83. The van der Waals surface area contributed by atoms with Crippen LogP contribution in [0, 0.1) is 23.7 Å². The Morgan fingerprint density at radius 3 is 3.05 bits per heavy atom. The molecule has 1 aromatic rings. The van der Waals surface area contributed by atoms with E-state index in [2.05, 4.69) is 12.0 Å². The van der Waals surface area contributed by atoms with E-state index >= 15 is 0 Å². The van der Waals surface area contributed by atoms with Gasteiger partial charge < -0.3 is 14.3 Å². The minimum absolute atomic E-state index is 0.186. The molecule has 0 aliphatic carbocycles. The van der Waals surface area contributed by atoms with Crippen molar-refractivity contribution in [2.45, 2.75) is 19.1 Å². The highest BCUT2D eigenvalue weighted by molar-refractivity contribution is 4.98. The summed E-state index contributed by atoms with van der Waals surface area (Å²) in [6, 6.07) is 5.76. The summed E-state index contributed by atoms with van der Waals surface area (Å²) in [7, 11) is 0. The van der Waals surface area contributed by atoms with Gasteiger partial charge in [0.05, 0.1) is 31.6 Å². The zero-order chi connectivity index (χ0) is 13.9. The molecule has 0 aliphatic rings. The van der Waals surface area contributed by atoms with Crippen molar-refractivity contribution in [2.24, 2.45) is 0 Å². The second kappa shape index (κ2) is 9.18. The van der Waals surface area contributed by atoms with Gasteiger partial charge in [-0.2, -0.15) is 5.26 Å². The first-order valence-corrected chi connectivity index (χ1v) is 6.07. The van der Waals surface area contributed by atoms with E-state index < -0.39 is 6.10 Å². The second-order valence-electron chi connectivity index (χ2n) is 4.10. The molecule has 1 unspecified atom stereocenters. The summed E-state index contributed by atoms with van der Waals surface area (Å²) in [5.41, 5.74) is 0. The van der Waals surface area contributed by atoms with Gasteiger partial charge in [-0.3, -0.25) is 4.90 Å². The summed E-state index contributed by atoms with van der Waals surface area (Å²) in [6.45, 7) is 1.91. The van der Waals surface area contributed by atoms with Gasteiger partial charge in [0, 0.05) is 19.5 Å². The third-order valence-electron chi connectivity index (χ3n) is 2.46. The van der Waals surface area contributed by atoms with Gasteiger partial charge in [0.1, 0.15) is 12.4 Å². The molecule has 0 amide bonds. The van der Waals surface area contributed by atoms with Crippen molar-refractivity contribution in [3.8, 4) is 18.4 Å². The predicted octanol–water partition coefficient (Wildman–Crippen LogP) is 1.01. The maximum Gasteiger partial charge on any atom is 0.117 e. The van der Waals surface area contributed by atoms with Gasteiger partial charge in [-0.1, -0.05) is 5.92 Å². The van der Waals surface area contributed by atoms with Gasteiger partial charge in [0.2, 0.25) is 0 Å². The minimum atomic E-state index is -0.637. The van der Waals surface area contributed by atoms with E-state index in [4.69, 9.17) is 20.8 Å². The standard InChI is InChI=1S/C14H18N2O3/c1-2-8-18-12-13(17)10-16(7-4-6-15)11-14-5-3-9-19-14/h1,3,5,9,13,17H,4,7-8,10-12H2. The van der Waals surface area contributed by atoms with Crippen LogP contribution in [0.5, 0.6) is 0 Å². The van der Waals surface area contributed by atoms with Crippen LogP contribution in [-0.2, 0) is 11.3 Å². The molecular formula is C14H18N2O3. The Morgan fingerprint density at radius 2 is 2.42 bits per heavy atom. The van der Waals surface area contributed by atoms with Crippen LogP contribution in [-0.4, -0.2) is 42.4 Å². The van der Waals surface area contributed by atoms with Crippen LogP contribution in [0.15, 0.2) is 22.8 Å². The van der Waals surface area contributed by atoms with Gasteiger partial charge >= 0.3 is 0 Å². The van der Waals surface area contributed by atoms with Crippen molar-refractivity contribution >= 4 is 0 Å². The highest BCUT2D eigenvalue weighted by Gasteiger charge is 2.13. The molecule has 102 valence electrons. The van der Waals surface area contributed by atoms with Gasteiger partial charge in [-0.15, -0.1) is 6.42 Å². The molecular weight excluding hydrogens is 244 g/mol. The monoisotopic (exact) mass is 262 g/mol. The van der Waals surface area contributed by atoms with Crippen molar-refractivity contribution in [1.29, 1.82) is 5.26 Å². The van der Waals surface area contributed by atoms with Crippen molar-refractivity contribution in [1.82, 2.24) is 4.90 Å². The normalized spacial score (nSPS) is 12.0. The molecule has 0 aromatic carbocycles. The Hall–Kier alpha value is -1.79. The fourth-order valence-electron chi connectivity index (χ4n) is 1.67. The molecule has 0 aliphatic heterocycles. The van der Waals surface area contributed by atoms with E-state index in [1.807, 2.05) is 17.0 Å². The largest absolute Gasteiger partial charge is 0.468 e. The highest BCUT2D eigenvalue weighted by Crippen LogP contribution is 2.07. The lowest BCUT2D eigenvalue weighted by Gasteiger charge is -2.23. The lowest BCUT2D eigenvalue weighted by Crippen LogP contribution is -2.35. The lowest BCUT2D eigenvalue weighted by atomic mass is 10.3. The smallest absolute Gasteiger partial charge is 0.117 e. The van der Waals surface area contributed by atoms with E-state index in [-0.39, 0.29) is 13.2 Å². The number of nitrogens with zero attached hydrogens (tertiary/aromatic N) is 2. The highest BCUT2D eigenvalue weighted by atomic mass is 16.5. The molecule has 0 saturated carbocycles. The van der Waals surface area contributed by atoms with E-state index in [9.17, 15) is 5.11 Å². The Labute approximate surface area is 113 Å². The zero-order valence-corrected chi connectivity index (χ0v) is 10.8. The molecule has 19 heavy (non-hydrogen) atoms. The second-order valence-corrected chi connectivity index (χ2v) is 4.10. The van der Waals surface area contributed by atoms with E-state index in [1.54, 1.807) is 6.26 Å². The Bertz CT molecular complexity index is 417. The Balaban J connectivity index is 2.40. The number of hydrogen-bond acceptors (Lipinski definition) is 5. The molecule has 1 atom stereocenters. The Kier molecular flexibility index (Phi) is 7.38. The van der Waals surface area contributed by atoms with Crippen LogP contribution in [0.3, 0.4) is 0 Å². The van der Waals surface area contributed by atoms with Gasteiger partial charge in [0.15, 0.2) is 0 Å². The molecule has 1 N–H and O–H groups in total. The first-order chi connectivity index (χ1) is 9.26. The molecule has 1 aromatic heterocycles. The number of nitriles is 1. The number of rotatable bonds is 9. The molecule has 0 fully saturated rings. The number of ether oxygens (including phenoxy) is 1. The third kappa shape index (κ3) is 6.64. The van der Waals surface area contributed by atoms with Crippen molar-refractivity contribution in [3.05, 3.63) is 24.2 Å². The van der Waals surface area contributed by atoms with Crippen LogP contribution >= 0.6 is 0 Å². The molecule has 0 bridgehead atoms. The van der Waals surface area contributed by atoms with Gasteiger partial charge in [-0.25, -0.2) is 0 Å². The fourth-order valence-corrected chi connectivity index (χ4v) is 1.67. The number of terminal acetylenes is 1. The van der Waals surface area contributed by atoms with Gasteiger partial charge in [-0.05, 0) is 12.1 Å². The zero-order valence-electron chi connectivity index (χ0n) is 10.8. The maximum absolute atomic E-state index is 9.83. The van der Waals surface area contributed by atoms with Crippen molar-refractivity contribution < 1.29 is 14.3 Å². The number of aliphatic hydroxyl groups is 1. The molecule has 0 saturated heterocycles. The van der Waals surface area contributed by atoms with Gasteiger partial charge in [0.25, 0.3) is 0 Å². The van der Waals surface area contributed by atoms with Crippen LogP contribution in [0.2, 0.25) is 0 Å².